The van der Waals surface area contributed by atoms with Crippen molar-refractivity contribution in [2.45, 2.75) is 57.7 Å². The number of aromatic nitrogens is 4. The minimum Gasteiger partial charge on any atom is -0.356 e. The number of likely N-dealkylation sites (tertiary alicyclic amines) is 1. The van der Waals surface area contributed by atoms with Crippen LogP contribution in [0, 0.1) is 11.8 Å². The number of rotatable bonds is 9. The first-order valence-corrected chi connectivity index (χ1v) is 14.6. The van der Waals surface area contributed by atoms with Crippen LogP contribution in [0.3, 0.4) is 0 Å². The van der Waals surface area contributed by atoms with Crippen molar-refractivity contribution in [1.82, 2.24) is 29.9 Å². The van der Waals surface area contributed by atoms with Gasteiger partial charge in [0.05, 0.1) is 12.2 Å². The summed E-state index contributed by atoms with van der Waals surface area (Å²) in [7, 11) is 0. The van der Waals surface area contributed by atoms with Crippen molar-refractivity contribution in [1.29, 1.82) is 0 Å². The largest absolute Gasteiger partial charge is 0.356 e. The van der Waals surface area contributed by atoms with Crippen molar-refractivity contribution in [3.8, 4) is 23.2 Å². The van der Waals surface area contributed by atoms with Gasteiger partial charge in [0, 0.05) is 73.6 Å². The van der Waals surface area contributed by atoms with E-state index in [9.17, 15) is 4.79 Å². The van der Waals surface area contributed by atoms with Gasteiger partial charge in [0.2, 0.25) is 0 Å². The summed E-state index contributed by atoms with van der Waals surface area (Å²) >= 11 is 0. The Kier molecular flexibility index (Phi) is 8.79. The number of nitrogens with zero attached hydrogens (tertiary/aromatic N) is 5. The number of carbonyl (C=O) groups is 1. The van der Waals surface area contributed by atoms with Gasteiger partial charge in [-0.15, -0.1) is 0 Å². The van der Waals surface area contributed by atoms with E-state index < -0.39 is 0 Å². The zero-order valence-corrected chi connectivity index (χ0v) is 24.1. The minimum atomic E-state index is -0.376. The van der Waals surface area contributed by atoms with Gasteiger partial charge in [0.1, 0.15) is 17.6 Å². The van der Waals surface area contributed by atoms with Crippen LogP contribution in [-0.4, -0.2) is 62.7 Å². The fourth-order valence-corrected chi connectivity index (χ4v) is 5.12. The molecule has 2 amide bonds. The van der Waals surface area contributed by atoms with Gasteiger partial charge in [-0.05, 0) is 62.6 Å². The Morgan fingerprint density at radius 3 is 2.67 bits per heavy atom. The number of primary amides is 1. The zero-order chi connectivity index (χ0) is 29.6. The van der Waals surface area contributed by atoms with E-state index in [1.165, 1.54) is 0 Å². The Hall–Kier alpha value is -4.50. The molecule has 0 aliphatic carbocycles. The number of ether oxygens (including phenoxy) is 2. The van der Waals surface area contributed by atoms with Crippen LogP contribution in [0.15, 0.2) is 65.6 Å². The highest BCUT2D eigenvalue weighted by Gasteiger charge is 2.28. The van der Waals surface area contributed by atoms with E-state index >= 15 is 0 Å². The van der Waals surface area contributed by atoms with Crippen LogP contribution in [0.4, 0.5) is 4.79 Å². The van der Waals surface area contributed by atoms with E-state index in [-0.39, 0.29) is 24.5 Å². The van der Waals surface area contributed by atoms with Crippen LogP contribution in [0.25, 0.3) is 11.3 Å². The summed E-state index contributed by atoms with van der Waals surface area (Å²) in [5.74, 6) is 7.88. The van der Waals surface area contributed by atoms with Crippen molar-refractivity contribution in [2.24, 2.45) is 5.73 Å². The van der Waals surface area contributed by atoms with Crippen LogP contribution in [0.1, 0.15) is 60.6 Å². The van der Waals surface area contributed by atoms with Crippen LogP contribution < -0.4 is 11.1 Å². The maximum atomic E-state index is 11.1. The Bertz CT molecular complexity index is 1570. The molecule has 0 bridgehead atoms. The molecule has 2 aliphatic heterocycles. The minimum absolute atomic E-state index is 0.179. The number of carbonyl (C=O) groups excluding carboxylic acids is 1. The molecular formula is C32H35N7O4. The maximum absolute atomic E-state index is 11.1. The molecule has 6 rings (SSSR count). The molecule has 2 aliphatic rings. The quantitative estimate of drug-likeness (QED) is 0.285. The topological polar surface area (TPSA) is 134 Å². The smallest absolute Gasteiger partial charge is 0.314 e. The van der Waals surface area contributed by atoms with E-state index in [1.807, 2.05) is 60.2 Å². The highest BCUT2D eigenvalue weighted by atomic mass is 16.7. The monoisotopic (exact) mass is 581 g/mol. The van der Waals surface area contributed by atoms with Gasteiger partial charge in [-0.2, -0.15) is 0 Å². The third-order valence-corrected chi connectivity index (χ3v) is 7.61. The summed E-state index contributed by atoms with van der Waals surface area (Å²) in [6, 6.07) is 13.6. The second-order valence-corrected chi connectivity index (χ2v) is 10.9. The number of hydrogen-bond acceptors (Lipinski definition) is 8. The Morgan fingerprint density at radius 1 is 1.12 bits per heavy atom. The number of benzene rings is 1. The SMILES string of the molecule is C[C@H](OC1CCCCO1)c1nccn1Cc1cc(-c2ccc(C#Cc3ccc(CNC4CN(C(N)=O)C4)nc3)cc2)on1. The third-order valence-electron chi connectivity index (χ3n) is 7.61. The molecule has 1 aromatic carbocycles. The number of nitrogens with one attached hydrogen (secondary N) is 1. The molecule has 4 aromatic rings. The van der Waals surface area contributed by atoms with Crippen LogP contribution >= 0.6 is 0 Å². The number of urea groups is 1. The lowest BCUT2D eigenvalue weighted by Crippen LogP contribution is -2.60. The summed E-state index contributed by atoms with van der Waals surface area (Å²) in [4.78, 5) is 21.7. The number of pyridine rings is 1. The summed E-state index contributed by atoms with van der Waals surface area (Å²) in [5, 5.41) is 7.66. The molecule has 0 spiro atoms. The lowest BCUT2D eigenvalue weighted by molar-refractivity contribution is -0.188. The van der Waals surface area contributed by atoms with E-state index in [0.717, 1.165) is 59.8 Å². The predicted octanol–water partition coefficient (Wildman–Crippen LogP) is 3.84. The second-order valence-electron chi connectivity index (χ2n) is 10.9. The zero-order valence-electron chi connectivity index (χ0n) is 24.1. The van der Waals surface area contributed by atoms with Gasteiger partial charge in [0.15, 0.2) is 12.1 Å². The number of nitrogens with two attached hydrogens (primary N) is 1. The highest BCUT2D eigenvalue weighted by Crippen LogP contribution is 2.25. The van der Waals surface area contributed by atoms with E-state index in [0.29, 0.717) is 31.9 Å². The molecule has 43 heavy (non-hydrogen) atoms. The fraction of sp³-hybridized carbons (Fsp3) is 0.375. The predicted molar refractivity (Wildman–Crippen MR) is 158 cm³/mol. The first-order valence-electron chi connectivity index (χ1n) is 14.6. The average Bonchev–Trinajstić information content (AvgIpc) is 3.67. The van der Waals surface area contributed by atoms with Gasteiger partial charge in [-0.3, -0.25) is 4.98 Å². The summed E-state index contributed by atoms with van der Waals surface area (Å²) in [5.41, 5.74) is 9.62. The van der Waals surface area contributed by atoms with Gasteiger partial charge in [0.25, 0.3) is 0 Å². The molecule has 2 saturated heterocycles. The average molecular weight is 582 g/mol. The molecule has 2 fully saturated rings. The van der Waals surface area contributed by atoms with E-state index in [2.05, 4.69) is 32.3 Å². The highest BCUT2D eigenvalue weighted by molar-refractivity contribution is 5.73. The molecule has 11 heteroatoms. The van der Waals surface area contributed by atoms with Gasteiger partial charge >= 0.3 is 6.03 Å². The van der Waals surface area contributed by atoms with Crippen molar-refractivity contribution < 1.29 is 18.8 Å². The number of amides is 2. The first-order chi connectivity index (χ1) is 21.0. The van der Waals surface area contributed by atoms with Crippen molar-refractivity contribution in [2.75, 3.05) is 19.7 Å². The van der Waals surface area contributed by atoms with Gasteiger partial charge in [-0.25, -0.2) is 9.78 Å². The molecule has 5 heterocycles. The molecule has 222 valence electrons. The lowest BCUT2D eigenvalue weighted by Gasteiger charge is -2.38. The lowest BCUT2D eigenvalue weighted by atomic mass is 10.1. The molecular weight excluding hydrogens is 546 g/mol. The van der Waals surface area contributed by atoms with Crippen LogP contribution in [-0.2, 0) is 22.6 Å². The number of imidazole rings is 1. The fourth-order valence-electron chi connectivity index (χ4n) is 5.12. The normalized spacial score (nSPS) is 17.6. The van der Waals surface area contributed by atoms with Gasteiger partial charge in [-0.1, -0.05) is 17.0 Å². The maximum Gasteiger partial charge on any atom is 0.314 e. The molecule has 3 N–H and O–H groups in total. The first kappa shape index (κ1) is 28.6. The van der Waals surface area contributed by atoms with E-state index in [1.54, 1.807) is 17.3 Å². The van der Waals surface area contributed by atoms with Crippen molar-refractivity contribution >= 4 is 6.03 Å². The Labute approximate surface area is 250 Å². The Balaban J connectivity index is 1.01. The summed E-state index contributed by atoms with van der Waals surface area (Å²) in [6.07, 6.45) is 8.21. The molecule has 0 saturated carbocycles. The Morgan fingerprint density at radius 2 is 1.93 bits per heavy atom. The van der Waals surface area contributed by atoms with Crippen molar-refractivity contribution in [3.05, 3.63) is 89.4 Å². The molecule has 3 aromatic heterocycles. The van der Waals surface area contributed by atoms with E-state index in [4.69, 9.17) is 19.7 Å². The molecule has 11 nitrogen and oxygen atoms in total. The van der Waals surface area contributed by atoms with Crippen LogP contribution in [0.2, 0.25) is 0 Å². The standard InChI is InChI=1S/C32H35N7O4/c1-22(42-30-4-2-3-15-41-30)31-34-13-14-38(31)19-27-16-29(43-37-27)25-10-7-23(8-11-25)5-6-24-9-12-26(35-17-24)18-36-28-20-39(21-28)32(33)40/h7-14,16-17,22,28,30,36H,2-4,15,18-21H2,1H3,(H2,33,40)/t22-,30?/m0/s1. The number of hydrogen-bond donors (Lipinski definition) is 2. The molecule has 1 unspecified atom stereocenters. The summed E-state index contributed by atoms with van der Waals surface area (Å²) in [6.45, 7) is 5.16. The summed E-state index contributed by atoms with van der Waals surface area (Å²) < 4.78 is 19.5. The van der Waals surface area contributed by atoms with Crippen molar-refractivity contribution in [3.63, 3.8) is 0 Å². The second kappa shape index (κ2) is 13.2. The third kappa shape index (κ3) is 7.29. The van der Waals surface area contributed by atoms with Crippen LogP contribution in [0.5, 0.6) is 0 Å². The molecule has 2 atom stereocenters. The molecule has 0 radical (unpaired) electrons. The van der Waals surface area contributed by atoms with Gasteiger partial charge < -0.3 is 34.5 Å².